The summed E-state index contributed by atoms with van der Waals surface area (Å²) >= 11 is 0. The van der Waals surface area contributed by atoms with Crippen LogP contribution in [-0.2, 0) is 7.05 Å². The van der Waals surface area contributed by atoms with Gasteiger partial charge in [-0.25, -0.2) is 15.0 Å². The largest absolute Gasteiger partial charge is 0.489 e. The molecule has 9 heteroatoms. The van der Waals surface area contributed by atoms with Crippen LogP contribution in [0.25, 0.3) is 45.4 Å². The first-order valence-corrected chi connectivity index (χ1v) is 10.8. The number of nitrogens with two attached hydrogens (primary N) is 1. The molecule has 0 amide bonds. The van der Waals surface area contributed by atoms with Crippen molar-refractivity contribution in [1.29, 1.82) is 0 Å². The number of benzene rings is 2. The molecule has 166 valence electrons. The van der Waals surface area contributed by atoms with Gasteiger partial charge in [0.1, 0.15) is 5.52 Å². The number of nitrogens with zero attached hydrogens (tertiary/aromatic N) is 5. The lowest BCUT2D eigenvalue weighted by Crippen LogP contribution is -2.25. The van der Waals surface area contributed by atoms with Gasteiger partial charge in [-0.3, -0.25) is 9.36 Å². The van der Waals surface area contributed by atoms with Gasteiger partial charge in [0.25, 0.3) is 5.56 Å². The molecular formula is C24H22N6O3. The van der Waals surface area contributed by atoms with Crippen molar-refractivity contribution in [2.75, 3.05) is 12.8 Å². The highest BCUT2D eigenvalue weighted by molar-refractivity contribution is 5.83. The molecular weight excluding hydrogens is 420 g/mol. The van der Waals surface area contributed by atoms with Crippen molar-refractivity contribution < 1.29 is 9.15 Å². The second-order valence-electron chi connectivity index (χ2n) is 8.31. The Morgan fingerprint density at radius 2 is 1.88 bits per heavy atom. The standard InChI is InChI=1S/C24H22N6O3/c1-29-21(22-26-15-11-10-13(25)12-17(15)30(22)14-6-5-7-14)28-19(20(32-2)24(29)31)23-27-16-8-3-4-9-18(16)33-23/h3-4,8-12,14H,5-7,25H2,1-2H3. The SMILES string of the molecule is COc1c(-c2nc3ccccc3o2)nc(-c2nc3ccc(N)cc3n2C2CCC2)n(C)c1=O. The number of hydrogen-bond acceptors (Lipinski definition) is 7. The number of nitrogen functional groups attached to an aromatic ring is 1. The fraction of sp³-hybridized carbons (Fsp3) is 0.250. The highest BCUT2D eigenvalue weighted by Crippen LogP contribution is 2.39. The summed E-state index contributed by atoms with van der Waals surface area (Å²) in [4.78, 5) is 27.5. The van der Waals surface area contributed by atoms with Gasteiger partial charge in [0.05, 0.1) is 18.1 Å². The predicted molar refractivity (Wildman–Crippen MR) is 125 cm³/mol. The molecule has 5 aromatic rings. The number of aromatic nitrogens is 5. The van der Waals surface area contributed by atoms with Gasteiger partial charge in [-0.1, -0.05) is 12.1 Å². The quantitative estimate of drug-likeness (QED) is 0.420. The van der Waals surface area contributed by atoms with Crippen LogP contribution in [0.1, 0.15) is 25.3 Å². The summed E-state index contributed by atoms with van der Waals surface area (Å²) in [6.07, 6.45) is 3.22. The first-order chi connectivity index (χ1) is 16.0. The number of rotatable bonds is 4. The molecule has 0 aliphatic heterocycles. The van der Waals surface area contributed by atoms with E-state index in [1.54, 1.807) is 7.05 Å². The van der Waals surface area contributed by atoms with Crippen LogP contribution in [0.2, 0.25) is 0 Å². The van der Waals surface area contributed by atoms with Crippen molar-refractivity contribution in [3.05, 3.63) is 52.8 Å². The summed E-state index contributed by atoms with van der Waals surface area (Å²) in [6.45, 7) is 0. The van der Waals surface area contributed by atoms with E-state index in [-0.39, 0.29) is 28.9 Å². The topological polar surface area (TPSA) is 114 Å². The van der Waals surface area contributed by atoms with Gasteiger partial charge in [0.2, 0.25) is 11.6 Å². The van der Waals surface area contributed by atoms with Crippen LogP contribution >= 0.6 is 0 Å². The van der Waals surface area contributed by atoms with E-state index < -0.39 is 0 Å². The Morgan fingerprint density at radius 1 is 1.06 bits per heavy atom. The lowest BCUT2D eigenvalue weighted by molar-refractivity contribution is 0.322. The Balaban J connectivity index is 1.64. The van der Waals surface area contributed by atoms with E-state index in [0.717, 1.165) is 30.3 Å². The van der Waals surface area contributed by atoms with Crippen molar-refractivity contribution >= 4 is 27.8 Å². The molecule has 9 nitrogen and oxygen atoms in total. The van der Waals surface area contributed by atoms with Gasteiger partial charge in [0.15, 0.2) is 22.9 Å². The summed E-state index contributed by atoms with van der Waals surface area (Å²) in [6, 6.07) is 13.3. The zero-order valence-electron chi connectivity index (χ0n) is 18.3. The third-order valence-corrected chi connectivity index (χ3v) is 6.30. The van der Waals surface area contributed by atoms with Crippen LogP contribution in [0.4, 0.5) is 5.69 Å². The molecule has 0 spiro atoms. The molecule has 0 saturated heterocycles. The van der Waals surface area contributed by atoms with Crippen LogP contribution in [0.5, 0.6) is 5.75 Å². The molecule has 1 aliphatic carbocycles. The second kappa shape index (κ2) is 7.19. The molecule has 1 fully saturated rings. The number of anilines is 1. The van der Waals surface area contributed by atoms with Gasteiger partial charge >= 0.3 is 0 Å². The maximum absolute atomic E-state index is 13.3. The first-order valence-electron chi connectivity index (χ1n) is 10.8. The lowest BCUT2D eigenvalue weighted by Gasteiger charge is -2.29. The minimum Gasteiger partial charge on any atom is -0.489 e. The smallest absolute Gasteiger partial charge is 0.296 e. The van der Waals surface area contributed by atoms with Gasteiger partial charge < -0.3 is 19.5 Å². The van der Waals surface area contributed by atoms with Crippen molar-refractivity contribution in [3.63, 3.8) is 0 Å². The van der Waals surface area contributed by atoms with Crippen molar-refractivity contribution in [1.82, 2.24) is 24.1 Å². The van der Waals surface area contributed by atoms with E-state index in [4.69, 9.17) is 24.9 Å². The predicted octanol–water partition coefficient (Wildman–Crippen LogP) is 3.92. The monoisotopic (exact) mass is 442 g/mol. The molecule has 3 aromatic heterocycles. The number of imidazole rings is 1. The average Bonchev–Trinajstić information content (AvgIpc) is 3.36. The minimum atomic E-state index is -0.341. The molecule has 1 aliphatic rings. The molecule has 0 atom stereocenters. The molecule has 3 heterocycles. The van der Waals surface area contributed by atoms with E-state index in [1.807, 2.05) is 42.5 Å². The summed E-state index contributed by atoms with van der Waals surface area (Å²) in [5.74, 6) is 1.32. The van der Waals surface area contributed by atoms with Crippen molar-refractivity contribution in [2.45, 2.75) is 25.3 Å². The molecule has 2 N–H and O–H groups in total. The molecule has 33 heavy (non-hydrogen) atoms. The maximum Gasteiger partial charge on any atom is 0.296 e. The molecule has 0 bridgehead atoms. The lowest BCUT2D eigenvalue weighted by atomic mass is 9.92. The van der Waals surface area contributed by atoms with Crippen LogP contribution < -0.4 is 16.0 Å². The highest BCUT2D eigenvalue weighted by atomic mass is 16.5. The fourth-order valence-corrected chi connectivity index (χ4v) is 4.37. The first kappa shape index (κ1) is 19.5. The highest BCUT2D eigenvalue weighted by Gasteiger charge is 2.29. The number of oxazole rings is 1. The second-order valence-corrected chi connectivity index (χ2v) is 8.31. The summed E-state index contributed by atoms with van der Waals surface area (Å²) in [5.41, 5.74) is 9.68. The maximum atomic E-state index is 13.3. The van der Waals surface area contributed by atoms with E-state index in [0.29, 0.717) is 28.4 Å². The fourth-order valence-electron chi connectivity index (χ4n) is 4.37. The Kier molecular flexibility index (Phi) is 4.26. The number of ether oxygens (including phenoxy) is 1. The molecule has 6 rings (SSSR count). The zero-order chi connectivity index (χ0) is 22.7. The minimum absolute atomic E-state index is 0.0726. The summed E-state index contributed by atoms with van der Waals surface area (Å²) in [7, 11) is 3.11. The van der Waals surface area contributed by atoms with E-state index in [2.05, 4.69) is 9.55 Å². The molecule has 1 saturated carbocycles. The number of fused-ring (bicyclic) bond motifs is 2. The van der Waals surface area contributed by atoms with Crippen LogP contribution in [0, 0.1) is 0 Å². The Morgan fingerprint density at radius 3 is 2.61 bits per heavy atom. The van der Waals surface area contributed by atoms with Crippen molar-refractivity contribution in [2.24, 2.45) is 7.05 Å². The van der Waals surface area contributed by atoms with Gasteiger partial charge in [-0.05, 0) is 49.6 Å². The average molecular weight is 442 g/mol. The number of hydrogen-bond donors (Lipinski definition) is 1. The summed E-state index contributed by atoms with van der Waals surface area (Å²) in [5, 5.41) is 0. The normalized spacial score (nSPS) is 14.1. The zero-order valence-corrected chi connectivity index (χ0v) is 18.3. The summed E-state index contributed by atoms with van der Waals surface area (Å²) < 4.78 is 15.0. The molecule has 0 unspecified atom stereocenters. The van der Waals surface area contributed by atoms with Crippen LogP contribution in [0.3, 0.4) is 0 Å². The third-order valence-electron chi connectivity index (χ3n) is 6.30. The van der Waals surface area contributed by atoms with Crippen LogP contribution in [0.15, 0.2) is 51.7 Å². The van der Waals surface area contributed by atoms with Gasteiger partial charge in [0, 0.05) is 18.8 Å². The molecule has 0 radical (unpaired) electrons. The number of methoxy groups -OCH3 is 1. The molecule has 2 aromatic carbocycles. The third kappa shape index (κ3) is 2.92. The Bertz CT molecular complexity index is 1560. The van der Waals surface area contributed by atoms with Gasteiger partial charge in [-0.15, -0.1) is 0 Å². The number of para-hydroxylation sites is 2. The Hall–Kier alpha value is -4.14. The van der Waals surface area contributed by atoms with E-state index in [9.17, 15) is 4.79 Å². The van der Waals surface area contributed by atoms with Crippen LogP contribution in [-0.4, -0.2) is 31.2 Å². The van der Waals surface area contributed by atoms with Gasteiger partial charge in [-0.2, -0.15) is 0 Å². The Labute approximate surface area is 188 Å². The van der Waals surface area contributed by atoms with E-state index in [1.165, 1.54) is 11.7 Å². The van der Waals surface area contributed by atoms with E-state index >= 15 is 0 Å². The van der Waals surface area contributed by atoms with Crippen molar-refractivity contribution in [3.8, 4) is 29.0 Å².